The maximum atomic E-state index is 13.5. The van der Waals surface area contributed by atoms with Crippen LogP contribution in [0.25, 0.3) is 16.9 Å². The molecular formula is C27H31F3N6O9S. The lowest BCUT2D eigenvalue weighted by Gasteiger charge is -2.17. The summed E-state index contributed by atoms with van der Waals surface area (Å²) in [5.74, 6) is -0.595. The van der Waals surface area contributed by atoms with Crippen molar-refractivity contribution in [3.8, 4) is 16.9 Å². The number of nitrogens with one attached hydrogen (secondary N) is 1. The van der Waals surface area contributed by atoms with Gasteiger partial charge in [-0.15, -0.1) is 5.01 Å². The van der Waals surface area contributed by atoms with Crippen molar-refractivity contribution in [2.24, 2.45) is 5.28 Å². The Bertz CT molecular complexity index is 1630. The molecule has 15 nitrogen and oxygen atoms in total. The smallest absolute Gasteiger partial charge is 0.435 e. The molecule has 0 radical (unpaired) electrons. The molecule has 1 atom stereocenters. The molecule has 3 rings (SSSR count). The van der Waals surface area contributed by atoms with Crippen molar-refractivity contribution in [3.05, 3.63) is 71.1 Å². The summed E-state index contributed by atoms with van der Waals surface area (Å²) in [6.07, 6.45) is -7.25. The Morgan fingerprint density at radius 1 is 1.15 bits per heavy atom. The molecular weight excluding hydrogens is 641 g/mol. The van der Waals surface area contributed by atoms with Gasteiger partial charge >= 0.3 is 18.2 Å². The molecule has 46 heavy (non-hydrogen) atoms. The van der Waals surface area contributed by atoms with Crippen LogP contribution in [-0.4, -0.2) is 77.9 Å². The molecule has 19 heteroatoms. The average Bonchev–Trinajstić information content (AvgIpc) is 3.46. The maximum absolute atomic E-state index is 13.5. The number of hydrogen-bond acceptors (Lipinski definition) is 11. The molecule has 1 heterocycles. The van der Waals surface area contributed by atoms with Gasteiger partial charge in [0.05, 0.1) is 27.9 Å². The van der Waals surface area contributed by atoms with Crippen molar-refractivity contribution in [3.63, 3.8) is 0 Å². The highest BCUT2D eigenvalue weighted by Crippen LogP contribution is 2.33. The van der Waals surface area contributed by atoms with Gasteiger partial charge in [-0.1, -0.05) is 36.8 Å². The van der Waals surface area contributed by atoms with Gasteiger partial charge in [-0.3, -0.25) is 9.63 Å². The molecule has 0 aliphatic rings. The molecule has 1 unspecified atom stereocenters. The summed E-state index contributed by atoms with van der Waals surface area (Å²) in [5.41, 5.74) is 0.427. The lowest BCUT2D eigenvalue weighted by atomic mass is 10.1. The molecule has 2 aromatic carbocycles. The van der Waals surface area contributed by atoms with E-state index in [-0.39, 0.29) is 35.9 Å². The second-order valence-corrected chi connectivity index (χ2v) is 11.1. The van der Waals surface area contributed by atoms with Crippen LogP contribution in [0.2, 0.25) is 0 Å². The molecule has 0 fully saturated rings. The number of aromatic nitrogens is 2. The number of nitrogens with zero attached hydrogens (tertiary/aromatic N) is 5. The monoisotopic (exact) mass is 672 g/mol. The first-order valence-electron chi connectivity index (χ1n) is 13.6. The zero-order chi connectivity index (χ0) is 34.1. The standard InChI is InChI=1S/C27H31F3N6O9S/c1-4-25(38)44-19(3)45-33-36(40)34(13-15-37)14-16-43-26(39)32-46(41,42)22-11-9-21(10-12-22)35-23(17-24(31-35)27(28,29)30)20-7-5-18(2)6-8-20/h5-12,17,19,37H,4,13-16H2,1-3H3,(H,32,39). The number of halogens is 3. The maximum Gasteiger partial charge on any atom is 0.435 e. The molecule has 3 aromatic rings. The summed E-state index contributed by atoms with van der Waals surface area (Å²) in [7, 11) is -4.49. The van der Waals surface area contributed by atoms with Gasteiger partial charge in [0.25, 0.3) is 16.3 Å². The Kier molecular flexibility index (Phi) is 11.9. The molecule has 0 saturated carbocycles. The fourth-order valence-electron chi connectivity index (χ4n) is 3.70. The molecule has 0 aliphatic heterocycles. The Labute approximate surface area is 261 Å². The lowest BCUT2D eigenvalue weighted by molar-refractivity contribution is -0.713. The van der Waals surface area contributed by atoms with E-state index in [1.54, 1.807) is 35.9 Å². The van der Waals surface area contributed by atoms with Crippen molar-refractivity contribution in [2.75, 3.05) is 26.3 Å². The number of amides is 1. The molecule has 1 aromatic heterocycles. The first-order chi connectivity index (χ1) is 21.6. The van der Waals surface area contributed by atoms with Crippen molar-refractivity contribution in [1.82, 2.24) is 19.5 Å². The van der Waals surface area contributed by atoms with Gasteiger partial charge in [0, 0.05) is 18.9 Å². The van der Waals surface area contributed by atoms with Crippen molar-refractivity contribution in [1.29, 1.82) is 0 Å². The molecule has 1 amide bonds. The fraction of sp³-hybridized carbons (Fsp3) is 0.370. The van der Waals surface area contributed by atoms with Crippen LogP contribution >= 0.6 is 0 Å². The summed E-state index contributed by atoms with van der Waals surface area (Å²) in [6.45, 7) is 3.02. The number of aryl methyl sites for hydroxylation is 1. The number of alkyl halides is 3. The quantitative estimate of drug-likeness (QED) is 0.0836. The van der Waals surface area contributed by atoms with Gasteiger partial charge < -0.3 is 19.8 Å². The third-order valence-electron chi connectivity index (χ3n) is 5.99. The number of carbonyl (C=O) groups excluding carboxylic acids is 2. The highest BCUT2D eigenvalue weighted by atomic mass is 32.2. The molecule has 0 aliphatic carbocycles. The normalized spacial score (nSPS) is 12.7. The van der Waals surface area contributed by atoms with E-state index in [2.05, 4.69) is 10.4 Å². The van der Waals surface area contributed by atoms with Crippen molar-refractivity contribution < 1.29 is 55.6 Å². The highest BCUT2D eigenvalue weighted by molar-refractivity contribution is 7.90. The number of carbonyl (C=O) groups is 2. The number of esters is 1. The number of hydrogen-bond donors (Lipinski definition) is 2. The van der Waals surface area contributed by atoms with E-state index in [9.17, 15) is 41.5 Å². The van der Waals surface area contributed by atoms with Crippen LogP contribution in [-0.2, 0) is 35.3 Å². The topological polar surface area (TPSA) is 188 Å². The molecule has 2 N–H and O–H groups in total. The van der Waals surface area contributed by atoms with Gasteiger partial charge in [0.2, 0.25) is 5.28 Å². The van der Waals surface area contributed by atoms with E-state index in [0.29, 0.717) is 5.56 Å². The number of ether oxygens (including phenoxy) is 2. The summed E-state index contributed by atoms with van der Waals surface area (Å²) in [6, 6.07) is 12.2. The van der Waals surface area contributed by atoms with Gasteiger partial charge in [-0.25, -0.2) is 22.6 Å². The molecule has 0 spiro atoms. The molecule has 0 saturated heterocycles. The van der Waals surface area contributed by atoms with Crippen LogP contribution in [0.15, 0.2) is 64.8 Å². The lowest BCUT2D eigenvalue weighted by Crippen LogP contribution is -2.38. The van der Waals surface area contributed by atoms with Crippen LogP contribution in [0.3, 0.4) is 0 Å². The van der Waals surface area contributed by atoms with Crippen LogP contribution < -0.4 is 4.72 Å². The van der Waals surface area contributed by atoms with Crippen LogP contribution in [0.4, 0.5) is 18.0 Å². The second-order valence-electron chi connectivity index (χ2n) is 9.45. The molecule has 0 bridgehead atoms. The Hall–Kier alpha value is -4.91. The van der Waals surface area contributed by atoms with E-state index < -0.39 is 58.4 Å². The van der Waals surface area contributed by atoms with Crippen LogP contribution in [0.1, 0.15) is 31.5 Å². The average molecular weight is 673 g/mol. The fourth-order valence-corrected chi connectivity index (χ4v) is 4.59. The third-order valence-corrected chi connectivity index (χ3v) is 7.32. The third kappa shape index (κ3) is 9.80. The van der Waals surface area contributed by atoms with E-state index in [1.165, 1.54) is 19.1 Å². The summed E-state index contributed by atoms with van der Waals surface area (Å²) >= 11 is 0. The van der Waals surface area contributed by atoms with E-state index >= 15 is 0 Å². The van der Waals surface area contributed by atoms with E-state index in [0.717, 1.165) is 33.5 Å². The van der Waals surface area contributed by atoms with Crippen molar-refractivity contribution in [2.45, 2.75) is 44.6 Å². The summed E-state index contributed by atoms with van der Waals surface area (Å²) in [5, 5.41) is 29.1. The number of rotatable bonds is 14. The Morgan fingerprint density at radius 2 is 1.80 bits per heavy atom. The zero-order valence-corrected chi connectivity index (χ0v) is 25.6. The van der Waals surface area contributed by atoms with Gasteiger partial charge in [-0.2, -0.15) is 18.3 Å². The Balaban J connectivity index is 1.66. The number of aliphatic hydroxyl groups excluding tert-OH is 1. The first-order valence-corrected chi connectivity index (χ1v) is 15.1. The summed E-state index contributed by atoms with van der Waals surface area (Å²) in [4.78, 5) is 27.7. The Morgan fingerprint density at radius 3 is 2.39 bits per heavy atom. The van der Waals surface area contributed by atoms with Gasteiger partial charge in [-0.05, 0) is 37.3 Å². The molecule has 250 valence electrons. The van der Waals surface area contributed by atoms with E-state index in [4.69, 9.17) is 14.3 Å². The minimum Gasteiger partial charge on any atom is -0.569 e. The number of hydrazine groups is 1. The number of benzene rings is 2. The summed E-state index contributed by atoms with van der Waals surface area (Å²) < 4.78 is 78.3. The first kappa shape index (κ1) is 35.6. The predicted molar refractivity (Wildman–Crippen MR) is 152 cm³/mol. The SMILES string of the molecule is CCC(=O)OC(C)ON=[N+]([O-])N(CCO)CCOC(=O)NS(=O)(=O)c1ccc(-n2nc(C(F)(F)F)cc2-c2ccc(C)cc2)cc1. The number of sulfonamides is 1. The minimum absolute atomic E-state index is 0.0681. The second kappa shape index (κ2) is 15.4. The minimum atomic E-state index is -4.73. The zero-order valence-electron chi connectivity index (χ0n) is 24.8. The largest absolute Gasteiger partial charge is 0.569 e. The van der Waals surface area contributed by atoms with Crippen molar-refractivity contribution >= 4 is 22.1 Å². The predicted octanol–water partition coefficient (Wildman–Crippen LogP) is 3.68. The van der Waals surface area contributed by atoms with Gasteiger partial charge in [0.15, 0.2) is 5.69 Å². The highest BCUT2D eigenvalue weighted by Gasteiger charge is 2.35. The van der Waals surface area contributed by atoms with Crippen LogP contribution in [0.5, 0.6) is 0 Å². The van der Waals surface area contributed by atoms with Gasteiger partial charge in [0.1, 0.15) is 19.7 Å². The van der Waals surface area contributed by atoms with Crippen LogP contribution in [0, 0.1) is 12.1 Å². The number of aliphatic hydroxyl groups is 1. The van der Waals surface area contributed by atoms with E-state index in [1.807, 2.05) is 6.92 Å².